The lowest BCUT2D eigenvalue weighted by Gasteiger charge is -2.45. The highest BCUT2D eigenvalue weighted by Gasteiger charge is 2.36. The fraction of sp³-hybridized carbons (Fsp3) is 0.593. The van der Waals surface area contributed by atoms with E-state index in [9.17, 15) is 9.90 Å². The smallest absolute Gasteiger partial charge is 0.272 e. The SMILES string of the molecule is CCOc1ncccc1-c1ccc(N2CC[C@H](O)C[C@@H]2CC)c(C(=O)N[C@@H]2CN3CCC2CC3)n1. The van der Waals surface area contributed by atoms with Crippen LogP contribution in [0.5, 0.6) is 5.88 Å². The minimum Gasteiger partial charge on any atom is -0.477 e. The molecule has 188 valence electrons. The van der Waals surface area contributed by atoms with E-state index in [1.807, 2.05) is 31.2 Å². The molecular weight excluding hydrogens is 442 g/mol. The lowest BCUT2D eigenvalue weighted by Crippen LogP contribution is -2.57. The molecule has 6 rings (SSSR count). The molecular formula is C27H37N5O3. The van der Waals surface area contributed by atoms with Crippen LogP contribution in [0.1, 0.15) is 56.4 Å². The highest BCUT2D eigenvalue weighted by Crippen LogP contribution is 2.34. The van der Waals surface area contributed by atoms with Gasteiger partial charge in [0.15, 0.2) is 5.69 Å². The molecule has 0 saturated carbocycles. The molecule has 2 bridgehead atoms. The van der Waals surface area contributed by atoms with Crippen LogP contribution in [-0.2, 0) is 0 Å². The molecule has 4 fully saturated rings. The number of rotatable bonds is 7. The number of fused-ring (bicyclic) bond motifs is 3. The van der Waals surface area contributed by atoms with Gasteiger partial charge in [-0.3, -0.25) is 4.79 Å². The van der Waals surface area contributed by atoms with Gasteiger partial charge in [-0.05, 0) is 82.3 Å². The highest BCUT2D eigenvalue weighted by molar-refractivity contribution is 5.99. The predicted molar refractivity (Wildman–Crippen MR) is 136 cm³/mol. The lowest BCUT2D eigenvalue weighted by atomic mass is 9.84. The van der Waals surface area contributed by atoms with Gasteiger partial charge < -0.3 is 25.0 Å². The summed E-state index contributed by atoms with van der Waals surface area (Å²) in [4.78, 5) is 27.8. The maximum Gasteiger partial charge on any atom is 0.272 e. The number of carbonyl (C=O) groups excluding carboxylic acids is 1. The molecule has 0 aliphatic carbocycles. The van der Waals surface area contributed by atoms with Gasteiger partial charge in [0.1, 0.15) is 0 Å². The number of hydrogen-bond acceptors (Lipinski definition) is 7. The van der Waals surface area contributed by atoms with Gasteiger partial charge in [-0.1, -0.05) is 6.92 Å². The third-order valence-electron chi connectivity index (χ3n) is 7.86. The number of ether oxygens (including phenoxy) is 1. The summed E-state index contributed by atoms with van der Waals surface area (Å²) < 4.78 is 5.74. The molecule has 0 spiro atoms. The van der Waals surface area contributed by atoms with Crippen LogP contribution < -0.4 is 15.0 Å². The van der Waals surface area contributed by atoms with Crippen molar-refractivity contribution in [2.75, 3.05) is 37.7 Å². The Hall–Kier alpha value is -2.71. The Morgan fingerprint density at radius 3 is 2.71 bits per heavy atom. The Kier molecular flexibility index (Phi) is 7.20. The first-order valence-corrected chi connectivity index (χ1v) is 13.1. The lowest BCUT2D eigenvalue weighted by molar-refractivity contribution is 0.0618. The standard InChI is InChI=1S/C27H37N5O3/c1-3-19-16-20(33)11-15-32(19)24-8-7-22(21-6-5-12-28-27(21)35-4-2)29-25(24)26(34)30-23-17-31-13-9-18(23)10-14-31/h5-8,12,18-20,23,33H,3-4,9-11,13-17H2,1-2H3,(H,30,34)/t19-,20-,23+/m0/s1. The zero-order valence-electron chi connectivity index (χ0n) is 20.8. The molecule has 0 aromatic carbocycles. The van der Waals surface area contributed by atoms with E-state index >= 15 is 0 Å². The highest BCUT2D eigenvalue weighted by atomic mass is 16.5. The number of hydrogen-bond donors (Lipinski definition) is 2. The normalized spacial score (nSPS) is 28.1. The Morgan fingerprint density at radius 2 is 2.00 bits per heavy atom. The first-order valence-electron chi connectivity index (χ1n) is 13.1. The van der Waals surface area contributed by atoms with Crippen LogP contribution in [-0.4, -0.2) is 76.9 Å². The predicted octanol–water partition coefficient (Wildman–Crippen LogP) is 3.11. The van der Waals surface area contributed by atoms with Crippen molar-refractivity contribution in [1.82, 2.24) is 20.2 Å². The molecule has 0 radical (unpaired) electrons. The van der Waals surface area contributed by atoms with E-state index in [2.05, 4.69) is 27.0 Å². The second kappa shape index (κ2) is 10.5. The number of nitrogens with zero attached hydrogens (tertiary/aromatic N) is 4. The fourth-order valence-corrected chi connectivity index (χ4v) is 5.94. The van der Waals surface area contributed by atoms with Crippen LogP contribution in [0, 0.1) is 5.92 Å². The van der Waals surface area contributed by atoms with Gasteiger partial charge in [0.25, 0.3) is 5.91 Å². The molecule has 4 saturated heterocycles. The molecule has 6 heterocycles. The molecule has 4 aliphatic rings. The van der Waals surface area contributed by atoms with Crippen molar-refractivity contribution in [3.05, 3.63) is 36.2 Å². The monoisotopic (exact) mass is 479 g/mol. The largest absolute Gasteiger partial charge is 0.477 e. The van der Waals surface area contributed by atoms with Gasteiger partial charge in [0, 0.05) is 31.4 Å². The minimum atomic E-state index is -0.295. The Morgan fingerprint density at radius 1 is 1.17 bits per heavy atom. The van der Waals surface area contributed by atoms with Crippen LogP contribution in [0.2, 0.25) is 0 Å². The summed E-state index contributed by atoms with van der Waals surface area (Å²) in [5.41, 5.74) is 2.74. The van der Waals surface area contributed by atoms with E-state index in [0.717, 1.165) is 50.1 Å². The topological polar surface area (TPSA) is 90.8 Å². The van der Waals surface area contributed by atoms with Crippen molar-refractivity contribution in [2.24, 2.45) is 5.92 Å². The molecule has 8 heteroatoms. The van der Waals surface area contributed by atoms with E-state index < -0.39 is 0 Å². The molecule has 0 unspecified atom stereocenters. The summed E-state index contributed by atoms with van der Waals surface area (Å²) in [5, 5.41) is 13.6. The van der Waals surface area contributed by atoms with Gasteiger partial charge in [-0.2, -0.15) is 0 Å². The average molecular weight is 480 g/mol. The van der Waals surface area contributed by atoms with Crippen molar-refractivity contribution >= 4 is 11.6 Å². The summed E-state index contributed by atoms with van der Waals surface area (Å²) in [5.74, 6) is 0.932. The number of pyridine rings is 2. The maximum absolute atomic E-state index is 13.8. The number of anilines is 1. The first kappa shape index (κ1) is 24.0. The quantitative estimate of drug-likeness (QED) is 0.631. The zero-order chi connectivity index (χ0) is 24.4. The van der Waals surface area contributed by atoms with Gasteiger partial charge in [0.05, 0.1) is 29.7 Å². The Balaban J connectivity index is 1.51. The van der Waals surface area contributed by atoms with Crippen molar-refractivity contribution in [3.8, 4) is 17.1 Å². The van der Waals surface area contributed by atoms with Crippen LogP contribution >= 0.6 is 0 Å². The number of carbonyl (C=O) groups is 1. The number of piperidine rings is 4. The van der Waals surface area contributed by atoms with Crippen molar-refractivity contribution in [2.45, 2.75) is 64.1 Å². The molecule has 2 aromatic rings. The number of amides is 1. The molecule has 8 nitrogen and oxygen atoms in total. The first-order chi connectivity index (χ1) is 17.1. The Bertz CT molecular complexity index is 1040. The van der Waals surface area contributed by atoms with E-state index in [0.29, 0.717) is 49.2 Å². The van der Waals surface area contributed by atoms with Gasteiger partial charge in [-0.15, -0.1) is 0 Å². The number of aliphatic hydroxyl groups excluding tert-OH is 1. The Labute approximate surface area is 207 Å². The third kappa shape index (κ3) is 5.00. The van der Waals surface area contributed by atoms with Gasteiger partial charge >= 0.3 is 0 Å². The van der Waals surface area contributed by atoms with Crippen molar-refractivity contribution in [3.63, 3.8) is 0 Å². The van der Waals surface area contributed by atoms with E-state index in [1.165, 1.54) is 0 Å². The van der Waals surface area contributed by atoms with Crippen molar-refractivity contribution < 1.29 is 14.6 Å². The van der Waals surface area contributed by atoms with Crippen LogP contribution in [0.3, 0.4) is 0 Å². The van der Waals surface area contributed by atoms with Crippen LogP contribution in [0.4, 0.5) is 5.69 Å². The summed E-state index contributed by atoms with van der Waals surface area (Å²) in [6, 6.07) is 8.09. The molecule has 35 heavy (non-hydrogen) atoms. The maximum atomic E-state index is 13.8. The molecule has 1 amide bonds. The number of aromatic nitrogens is 2. The molecule has 4 aliphatic heterocycles. The summed E-state index contributed by atoms with van der Waals surface area (Å²) in [7, 11) is 0. The number of aliphatic hydroxyl groups is 1. The second-order valence-corrected chi connectivity index (χ2v) is 10.0. The second-order valence-electron chi connectivity index (χ2n) is 10.0. The zero-order valence-corrected chi connectivity index (χ0v) is 20.8. The van der Waals surface area contributed by atoms with E-state index in [4.69, 9.17) is 9.72 Å². The average Bonchev–Trinajstić information content (AvgIpc) is 2.89. The van der Waals surface area contributed by atoms with E-state index in [-0.39, 0.29) is 24.1 Å². The van der Waals surface area contributed by atoms with E-state index in [1.54, 1.807) is 6.20 Å². The summed E-state index contributed by atoms with van der Waals surface area (Å²) >= 11 is 0. The summed E-state index contributed by atoms with van der Waals surface area (Å²) in [6.45, 7) is 8.44. The summed E-state index contributed by atoms with van der Waals surface area (Å²) in [6.07, 6.45) is 5.98. The fourth-order valence-electron chi connectivity index (χ4n) is 5.94. The van der Waals surface area contributed by atoms with Crippen molar-refractivity contribution in [1.29, 1.82) is 0 Å². The number of nitrogens with one attached hydrogen (secondary N) is 1. The molecule has 2 aromatic heterocycles. The molecule has 2 N–H and O–H groups in total. The van der Waals surface area contributed by atoms with Gasteiger partial charge in [-0.25, -0.2) is 9.97 Å². The molecule has 3 atom stereocenters. The van der Waals surface area contributed by atoms with Gasteiger partial charge in [0.2, 0.25) is 5.88 Å². The van der Waals surface area contributed by atoms with Crippen LogP contribution in [0.25, 0.3) is 11.3 Å². The minimum absolute atomic E-state index is 0.122. The third-order valence-corrected chi connectivity index (χ3v) is 7.86. The van der Waals surface area contributed by atoms with Crippen LogP contribution in [0.15, 0.2) is 30.5 Å².